The van der Waals surface area contributed by atoms with Gasteiger partial charge in [0.25, 0.3) is 0 Å². The highest BCUT2D eigenvalue weighted by Crippen LogP contribution is 2.35. The number of hydrogen-bond acceptors (Lipinski definition) is 7. The van der Waals surface area contributed by atoms with Gasteiger partial charge < -0.3 is 19.7 Å². The number of carbonyl (C=O) groups excluding carboxylic acids is 4. The Hall–Kier alpha value is -2.91. The Kier molecular flexibility index (Phi) is 6.97. The molecule has 1 unspecified atom stereocenters. The molecule has 1 fully saturated rings. The molecule has 10 heteroatoms. The minimum absolute atomic E-state index is 0.0249. The topological polar surface area (TPSA) is 102 Å². The number of halogens is 1. The minimum atomic E-state index is -0.676. The van der Waals surface area contributed by atoms with Crippen molar-refractivity contribution in [3.05, 3.63) is 45.3 Å². The van der Waals surface area contributed by atoms with Crippen LogP contribution in [0.2, 0.25) is 5.02 Å². The van der Waals surface area contributed by atoms with E-state index in [0.717, 1.165) is 11.3 Å². The Balaban J connectivity index is 1.82. The van der Waals surface area contributed by atoms with Crippen LogP contribution in [0.5, 0.6) is 0 Å². The number of ether oxygens (including phenoxy) is 2. The second-order valence-corrected chi connectivity index (χ2v) is 8.30. The number of hydrogen-bond donors (Lipinski definition) is 1. The number of nitrogens with one attached hydrogen (secondary N) is 1. The van der Waals surface area contributed by atoms with E-state index in [4.69, 9.17) is 21.1 Å². The Morgan fingerprint density at radius 3 is 2.52 bits per heavy atom. The van der Waals surface area contributed by atoms with Gasteiger partial charge in [0.15, 0.2) is 0 Å². The highest BCUT2D eigenvalue weighted by molar-refractivity contribution is 7.18. The summed E-state index contributed by atoms with van der Waals surface area (Å²) in [7, 11) is 1.22. The molecule has 31 heavy (non-hydrogen) atoms. The van der Waals surface area contributed by atoms with E-state index in [2.05, 4.69) is 5.32 Å². The summed E-state index contributed by atoms with van der Waals surface area (Å²) in [4.78, 5) is 51.6. The minimum Gasteiger partial charge on any atom is -0.465 e. The molecule has 1 aromatic heterocycles. The molecule has 0 saturated carbocycles. The van der Waals surface area contributed by atoms with Gasteiger partial charge in [-0.3, -0.25) is 9.59 Å². The molecule has 1 aromatic carbocycles. The summed E-state index contributed by atoms with van der Waals surface area (Å²) in [6.45, 7) is 3.63. The van der Waals surface area contributed by atoms with Gasteiger partial charge in [-0.05, 0) is 43.7 Å². The van der Waals surface area contributed by atoms with Crippen LogP contribution in [-0.2, 0) is 19.1 Å². The molecule has 8 nitrogen and oxygen atoms in total. The molecule has 2 heterocycles. The summed E-state index contributed by atoms with van der Waals surface area (Å²) in [5.74, 6) is -2.50. The van der Waals surface area contributed by atoms with E-state index >= 15 is 0 Å². The standard InChI is InChI=1S/C21H21ClN2O6S/c1-4-30-21(28)17-11(2)16(20(27)29-3)19(31-17)23-18(26)12-9-15(25)24(10-12)14-7-5-13(22)6-8-14/h5-8,12H,4,9-10H2,1-3H3,(H,23,26). The molecule has 1 atom stereocenters. The smallest absolute Gasteiger partial charge is 0.348 e. The van der Waals surface area contributed by atoms with Crippen LogP contribution in [0.1, 0.15) is 38.9 Å². The van der Waals surface area contributed by atoms with Crippen molar-refractivity contribution >= 4 is 57.4 Å². The highest BCUT2D eigenvalue weighted by Gasteiger charge is 2.36. The number of nitrogens with zero attached hydrogens (tertiary/aromatic N) is 1. The van der Waals surface area contributed by atoms with Crippen molar-refractivity contribution in [3.8, 4) is 0 Å². The maximum Gasteiger partial charge on any atom is 0.348 e. The zero-order valence-corrected chi connectivity index (χ0v) is 18.8. The Labute approximate surface area is 188 Å². The van der Waals surface area contributed by atoms with E-state index < -0.39 is 23.8 Å². The van der Waals surface area contributed by atoms with Crippen molar-refractivity contribution < 1.29 is 28.7 Å². The lowest BCUT2D eigenvalue weighted by Gasteiger charge is -2.16. The zero-order chi connectivity index (χ0) is 22.7. The van der Waals surface area contributed by atoms with Gasteiger partial charge in [0.1, 0.15) is 9.88 Å². The lowest BCUT2D eigenvalue weighted by Crippen LogP contribution is -2.28. The molecule has 1 saturated heterocycles. The molecular formula is C21H21ClN2O6S. The van der Waals surface area contributed by atoms with Crippen molar-refractivity contribution in [3.63, 3.8) is 0 Å². The zero-order valence-electron chi connectivity index (χ0n) is 17.2. The fraction of sp³-hybridized carbons (Fsp3) is 0.333. The van der Waals surface area contributed by atoms with Gasteiger partial charge in [0.2, 0.25) is 11.8 Å². The largest absolute Gasteiger partial charge is 0.465 e. The van der Waals surface area contributed by atoms with Gasteiger partial charge in [-0.25, -0.2) is 9.59 Å². The van der Waals surface area contributed by atoms with Gasteiger partial charge in [0.05, 0.1) is 25.2 Å². The number of esters is 2. The SMILES string of the molecule is CCOC(=O)c1sc(NC(=O)C2CC(=O)N(c3ccc(Cl)cc3)C2)c(C(=O)OC)c1C. The highest BCUT2D eigenvalue weighted by atomic mass is 35.5. The van der Waals surface area contributed by atoms with Crippen molar-refractivity contribution in [2.75, 3.05) is 30.5 Å². The summed E-state index contributed by atoms with van der Waals surface area (Å²) >= 11 is 6.84. The van der Waals surface area contributed by atoms with E-state index in [-0.39, 0.29) is 40.9 Å². The Bertz CT molecular complexity index is 1030. The first-order valence-corrected chi connectivity index (χ1v) is 10.7. The Morgan fingerprint density at radius 2 is 1.90 bits per heavy atom. The van der Waals surface area contributed by atoms with E-state index in [1.165, 1.54) is 12.0 Å². The van der Waals surface area contributed by atoms with Gasteiger partial charge in [0, 0.05) is 23.7 Å². The maximum atomic E-state index is 12.9. The number of benzene rings is 1. The normalized spacial score (nSPS) is 15.7. The summed E-state index contributed by atoms with van der Waals surface area (Å²) < 4.78 is 9.84. The van der Waals surface area contributed by atoms with E-state index in [9.17, 15) is 19.2 Å². The summed E-state index contributed by atoms with van der Waals surface area (Å²) in [6, 6.07) is 6.77. The number of methoxy groups -OCH3 is 1. The van der Waals surface area contributed by atoms with Gasteiger partial charge in [-0.2, -0.15) is 0 Å². The van der Waals surface area contributed by atoms with Crippen molar-refractivity contribution in [2.24, 2.45) is 5.92 Å². The van der Waals surface area contributed by atoms with E-state index in [1.54, 1.807) is 38.1 Å². The second-order valence-electron chi connectivity index (χ2n) is 6.84. The molecular weight excluding hydrogens is 444 g/mol. The molecule has 3 rings (SSSR count). The van der Waals surface area contributed by atoms with Crippen LogP contribution in [0.25, 0.3) is 0 Å². The molecule has 164 valence electrons. The van der Waals surface area contributed by atoms with Gasteiger partial charge in [-0.1, -0.05) is 11.6 Å². The van der Waals surface area contributed by atoms with E-state index in [1.807, 2.05) is 0 Å². The molecule has 0 bridgehead atoms. The summed E-state index contributed by atoms with van der Waals surface area (Å²) in [5, 5.41) is 3.43. The van der Waals surface area contributed by atoms with Crippen LogP contribution in [0.15, 0.2) is 24.3 Å². The quantitative estimate of drug-likeness (QED) is 0.654. The maximum absolute atomic E-state index is 12.9. The third kappa shape index (κ3) is 4.72. The van der Waals surface area contributed by atoms with Gasteiger partial charge in [-0.15, -0.1) is 11.3 Å². The van der Waals surface area contributed by atoms with Crippen LogP contribution in [0.3, 0.4) is 0 Å². The Morgan fingerprint density at radius 1 is 1.23 bits per heavy atom. The summed E-state index contributed by atoms with van der Waals surface area (Å²) in [5.41, 5.74) is 1.12. The van der Waals surface area contributed by atoms with Crippen LogP contribution in [-0.4, -0.2) is 44.0 Å². The van der Waals surface area contributed by atoms with Crippen molar-refractivity contribution in [2.45, 2.75) is 20.3 Å². The predicted molar refractivity (Wildman–Crippen MR) is 117 cm³/mol. The number of amides is 2. The van der Waals surface area contributed by atoms with Crippen LogP contribution < -0.4 is 10.2 Å². The first-order chi connectivity index (χ1) is 14.8. The number of carbonyl (C=O) groups is 4. The number of anilines is 2. The van der Waals surface area contributed by atoms with Crippen LogP contribution in [0.4, 0.5) is 10.7 Å². The fourth-order valence-electron chi connectivity index (χ4n) is 3.31. The molecule has 0 aliphatic carbocycles. The summed E-state index contributed by atoms with van der Waals surface area (Å²) in [6.07, 6.45) is 0.0249. The average Bonchev–Trinajstić information content (AvgIpc) is 3.28. The molecule has 2 aromatic rings. The van der Waals surface area contributed by atoms with Crippen LogP contribution >= 0.6 is 22.9 Å². The lowest BCUT2D eigenvalue weighted by atomic mass is 10.1. The second kappa shape index (κ2) is 9.49. The van der Waals surface area contributed by atoms with Crippen molar-refractivity contribution in [1.82, 2.24) is 0 Å². The average molecular weight is 465 g/mol. The van der Waals surface area contributed by atoms with Gasteiger partial charge >= 0.3 is 11.9 Å². The number of thiophene rings is 1. The number of rotatable bonds is 6. The first-order valence-electron chi connectivity index (χ1n) is 9.52. The van der Waals surface area contributed by atoms with E-state index in [0.29, 0.717) is 16.3 Å². The van der Waals surface area contributed by atoms with Crippen molar-refractivity contribution in [1.29, 1.82) is 0 Å². The fourth-order valence-corrected chi connectivity index (χ4v) is 4.53. The lowest BCUT2D eigenvalue weighted by molar-refractivity contribution is -0.122. The molecule has 1 aliphatic heterocycles. The predicted octanol–water partition coefficient (Wildman–Crippen LogP) is 3.66. The molecule has 1 N–H and O–H groups in total. The molecule has 1 aliphatic rings. The monoisotopic (exact) mass is 464 g/mol. The third-order valence-corrected chi connectivity index (χ3v) is 6.31. The molecule has 0 spiro atoms. The molecule has 2 amide bonds. The third-order valence-electron chi connectivity index (χ3n) is 4.87. The molecule has 0 radical (unpaired) electrons. The first kappa shape index (κ1) is 22.8. The van der Waals surface area contributed by atoms with Crippen LogP contribution in [0, 0.1) is 12.8 Å².